The lowest BCUT2D eigenvalue weighted by atomic mass is 10.1. The van der Waals surface area contributed by atoms with Crippen LogP contribution >= 0.6 is 0 Å². The molecule has 1 saturated heterocycles. The maximum atomic E-state index is 12.9. The van der Waals surface area contributed by atoms with E-state index in [1.807, 2.05) is 0 Å². The van der Waals surface area contributed by atoms with Gasteiger partial charge in [-0.25, -0.2) is 8.78 Å². The molecule has 1 aromatic carbocycles. The van der Waals surface area contributed by atoms with Crippen LogP contribution in [-0.4, -0.2) is 24.2 Å². The van der Waals surface area contributed by atoms with Gasteiger partial charge in [-0.1, -0.05) is 0 Å². The molecule has 0 saturated carbocycles. The van der Waals surface area contributed by atoms with Gasteiger partial charge in [-0.3, -0.25) is 10.1 Å². The number of nitrogens with zero attached hydrogens (tertiary/aromatic N) is 1. The summed E-state index contributed by atoms with van der Waals surface area (Å²) in [5, 5.41) is 13.4. The van der Waals surface area contributed by atoms with Gasteiger partial charge < -0.3 is 10.1 Å². The number of ether oxygens (including phenoxy) is 1. The van der Waals surface area contributed by atoms with E-state index in [0.29, 0.717) is 13.2 Å². The van der Waals surface area contributed by atoms with E-state index in [9.17, 15) is 18.9 Å². The molecule has 1 heterocycles. The van der Waals surface area contributed by atoms with E-state index >= 15 is 0 Å². The second kappa shape index (κ2) is 5.92. The molecular weight excluding hydrogens is 258 g/mol. The topological polar surface area (TPSA) is 64.4 Å². The number of halogens is 2. The van der Waals surface area contributed by atoms with E-state index in [1.165, 1.54) is 12.1 Å². The zero-order valence-electron chi connectivity index (χ0n) is 10.1. The fourth-order valence-corrected chi connectivity index (χ4v) is 2.03. The molecule has 1 aliphatic rings. The van der Waals surface area contributed by atoms with E-state index in [1.54, 1.807) is 0 Å². The molecule has 1 N–H and O–H groups in total. The highest BCUT2D eigenvalue weighted by atomic mass is 19.3. The largest absolute Gasteiger partial charge is 0.382 e. The van der Waals surface area contributed by atoms with Crippen LogP contribution in [0.15, 0.2) is 18.2 Å². The second-order valence-electron chi connectivity index (χ2n) is 4.35. The van der Waals surface area contributed by atoms with Crippen molar-refractivity contribution in [3.8, 4) is 0 Å². The maximum Gasteiger partial charge on any atom is 0.270 e. The first kappa shape index (κ1) is 13.7. The van der Waals surface area contributed by atoms with Crippen molar-refractivity contribution >= 4 is 11.4 Å². The van der Waals surface area contributed by atoms with Crippen molar-refractivity contribution in [1.82, 2.24) is 0 Å². The molecule has 19 heavy (non-hydrogen) atoms. The minimum atomic E-state index is -2.76. The van der Waals surface area contributed by atoms with Crippen LogP contribution in [0.25, 0.3) is 0 Å². The monoisotopic (exact) mass is 272 g/mol. The third kappa shape index (κ3) is 3.37. The van der Waals surface area contributed by atoms with Crippen LogP contribution in [0.5, 0.6) is 0 Å². The highest BCUT2D eigenvalue weighted by Crippen LogP contribution is 2.30. The summed E-state index contributed by atoms with van der Waals surface area (Å²) < 4.78 is 31.1. The van der Waals surface area contributed by atoms with E-state index in [4.69, 9.17) is 4.74 Å². The summed E-state index contributed by atoms with van der Waals surface area (Å²) in [6, 6.07) is 3.43. The normalized spacial score (nSPS) is 18.8. The second-order valence-corrected chi connectivity index (χ2v) is 4.35. The van der Waals surface area contributed by atoms with Crippen LogP contribution in [0.1, 0.15) is 24.8 Å². The number of alkyl halides is 2. The average molecular weight is 272 g/mol. The number of anilines is 1. The number of benzene rings is 1. The number of hydrogen-bond donors (Lipinski definition) is 1. The average Bonchev–Trinajstić information content (AvgIpc) is 2.89. The van der Waals surface area contributed by atoms with Crippen molar-refractivity contribution in [3.63, 3.8) is 0 Å². The smallest absolute Gasteiger partial charge is 0.270 e. The zero-order valence-corrected chi connectivity index (χ0v) is 10.1. The van der Waals surface area contributed by atoms with Gasteiger partial charge in [0.2, 0.25) is 0 Å². The van der Waals surface area contributed by atoms with Crippen LogP contribution in [0, 0.1) is 10.1 Å². The number of non-ortho nitro benzene ring substituents is 1. The Morgan fingerprint density at radius 1 is 1.53 bits per heavy atom. The Morgan fingerprint density at radius 2 is 2.32 bits per heavy atom. The lowest BCUT2D eigenvalue weighted by Gasteiger charge is -2.14. The summed E-state index contributed by atoms with van der Waals surface area (Å²) in [6.07, 6.45) is -0.884. The van der Waals surface area contributed by atoms with Crippen molar-refractivity contribution in [2.24, 2.45) is 0 Å². The van der Waals surface area contributed by atoms with E-state index in [2.05, 4.69) is 5.32 Å². The highest BCUT2D eigenvalue weighted by Gasteiger charge is 2.20. The van der Waals surface area contributed by atoms with Gasteiger partial charge in [0, 0.05) is 36.5 Å². The molecular formula is C12H14F2N2O3. The molecule has 0 amide bonds. The fourth-order valence-electron chi connectivity index (χ4n) is 2.03. The molecule has 0 radical (unpaired) electrons. The molecule has 7 heteroatoms. The SMILES string of the molecule is O=[N+]([O-])c1ccc(NCC2CCCO2)c(C(F)F)c1. The van der Waals surface area contributed by atoms with Gasteiger partial charge >= 0.3 is 0 Å². The van der Waals surface area contributed by atoms with Crippen LogP contribution in [0.4, 0.5) is 20.2 Å². The molecule has 0 spiro atoms. The zero-order chi connectivity index (χ0) is 13.8. The summed E-state index contributed by atoms with van der Waals surface area (Å²) in [5.74, 6) is 0. The summed E-state index contributed by atoms with van der Waals surface area (Å²) in [7, 11) is 0. The molecule has 104 valence electrons. The van der Waals surface area contributed by atoms with Gasteiger partial charge in [0.15, 0.2) is 0 Å². The van der Waals surface area contributed by atoms with E-state index in [-0.39, 0.29) is 23.0 Å². The molecule has 1 atom stereocenters. The van der Waals surface area contributed by atoms with Crippen molar-refractivity contribution in [3.05, 3.63) is 33.9 Å². The van der Waals surface area contributed by atoms with Crippen molar-refractivity contribution in [2.75, 3.05) is 18.5 Å². The summed E-state index contributed by atoms with van der Waals surface area (Å²) in [5.41, 5.74) is -0.471. The number of nitro groups is 1. The van der Waals surface area contributed by atoms with Crippen LogP contribution in [0.3, 0.4) is 0 Å². The molecule has 0 aliphatic carbocycles. The van der Waals surface area contributed by atoms with Crippen LogP contribution in [0.2, 0.25) is 0 Å². The standard InChI is InChI=1S/C12H14F2N2O3/c13-12(14)10-6-8(16(17)18)3-4-11(10)15-7-9-2-1-5-19-9/h3-4,6,9,12,15H,1-2,5,7H2. The highest BCUT2D eigenvalue weighted by molar-refractivity contribution is 5.56. The molecule has 1 aromatic rings. The van der Waals surface area contributed by atoms with Gasteiger partial charge in [-0.15, -0.1) is 0 Å². The molecule has 2 rings (SSSR count). The van der Waals surface area contributed by atoms with Crippen molar-refractivity contribution in [1.29, 1.82) is 0 Å². The van der Waals surface area contributed by atoms with Crippen LogP contribution in [-0.2, 0) is 4.74 Å². The maximum absolute atomic E-state index is 12.9. The lowest BCUT2D eigenvalue weighted by molar-refractivity contribution is -0.385. The number of nitrogens with one attached hydrogen (secondary N) is 1. The summed E-state index contributed by atoms with van der Waals surface area (Å²) >= 11 is 0. The van der Waals surface area contributed by atoms with E-state index in [0.717, 1.165) is 18.9 Å². The Labute approximate surface area is 108 Å². The Bertz CT molecular complexity index is 462. The third-order valence-electron chi connectivity index (χ3n) is 3.03. The first-order valence-corrected chi connectivity index (χ1v) is 6.00. The minimum Gasteiger partial charge on any atom is -0.382 e. The summed E-state index contributed by atoms with van der Waals surface area (Å²) in [6.45, 7) is 1.12. The minimum absolute atomic E-state index is 0.0146. The van der Waals surface area contributed by atoms with Gasteiger partial charge in [0.1, 0.15) is 0 Å². The molecule has 5 nitrogen and oxygen atoms in total. The quantitative estimate of drug-likeness (QED) is 0.660. The molecule has 1 unspecified atom stereocenters. The Balaban J connectivity index is 2.11. The first-order valence-electron chi connectivity index (χ1n) is 6.00. The molecule has 0 bridgehead atoms. The summed E-state index contributed by atoms with van der Waals surface area (Å²) in [4.78, 5) is 9.89. The Hall–Kier alpha value is -1.76. The number of hydrogen-bond acceptors (Lipinski definition) is 4. The number of nitro benzene ring substituents is 1. The van der Waals surface area contributed by atoms with Gasteiger partial charge in [-0.2, -0.15) is 0 Å². The Morgan fingerprint density at radius 3 is 2.89 bits per heavy atom. The molecule has 1 aliphatic heterocycles. The van der Waals surface area contributed by atoms with Gasteiger partial charge in [0.05, 0.1) is 11.0 Å². The van der Waals surface area contributed by atoms with Crippen molar-refractivity contribution in [2.45, 2.75) is 25.4 Å². The fraction of sp³-hybridized carbons (Fsp3) is 0.500. The number of rotatable bonds is 5. The predicted octanol–water partition coefficient (Wildman–Crippen LogP) is 3.12. The van der Waals surface area contributed by atoms with Gasteiger partial charge in [-0.05, 0) is 18.9 Å². The first-order chi connectivity index (χ1) is 9.08. The lowest BCUT2D eigenvalue weighted by Crippen LogP contribution is -2.19. The Kier molecular flexibility index (Phi) is 4.26. The van der Waals surface area contributed by atoms with Gasteiger partial charge in [0.25, 0.3) is 12.1 Å². The van der Waals surface area contributed by atoms with E-state index < -0.39 is 11.3 Å². The third-order valence-corrected chi connectivity index (χ3v) is 3.03. The molecule has 1 fully saturated rings. The molecule has 0 aromatic heterocycles. The van der Waals surface area contributed by atoms with Crippen molar-refractivity contribution < 1.29 is 18.4 Å². The predicted molar refractivity (Wildman–Crippen MR) is 65.5 cm³/mol. The van der Waals surface area contributed by atoms with Crippen LogP contribution < -0.4 is 5.32 Å².